The molecule has 0 saturated carbocycles. The van der Waals surface area contributed by atoms with Crippen LogP contribution in [0.3, 0.4) is 0 Å². The van der Waals surface area contributed by atoms with Crippen LogP contribution in [0.4, 0.5) is 13.2 Å². The third kappa shape index (κ3) is 3.56. The van der Waals surface area contributed by atoms with E-state index in [4.69, 9.17) is 11.6 Å². The summed E-state index contributed by atoms with van der Waals surface area (Å²) < 4.78 is 64.1. The minimum absolute atomic E-state index is 0.245. The normalized spacial score (nSPS) is 18.6. The number of hydrogen-bond donors (Lipinski definition) is 1. The zero-order valence-corrected chi connectivity index (χ0v) is 13.4. The molecule has 0 atom stereocenters. The van der Waals surface area contributed by atoms with E-state index in [0.29, 0.717) is 32.0 Å². The standard InChI is InChI=1S/C13H16ClF3N2O2S/c1-18-10-4-6-19(7-5-10)22(20,21)12-3-2-9(8-11(12)14)13(15,16)17/h2-3,8,10,18H,4-7H2,1H3. The highest BCUT2D eigenvalue weighted by atomic mass is 35.5. The first-order valence-corrected chi connectivity index (χ1v) is 8.52. The first kappa shape index (κ1) is 17.5. The molecule has 124 valence electrons. The SMILES string of the molecule is CNC1CCN(S(=O)(=O)c2ccc(C(F)(F)F)cc2Cl)CC1. The van der Waals surface area contributed by atoms with Crippen molar-refractivity contribution in [1.29, 1.82) is 0 Å². The van der Waals surface area contributed by atoms with Crippen molar-refractivity contribution in [2.45, 2.75) is 30.0 Å². The lowest BCUT2D eigenvalue weighted by molar-refractivity contribution is -0.137. The van der Waals surface area contributed by atoms with Gasteiger partial charge < -0.3 is 5.32 Å². The van der Waals surface area contributed by atoms with Crippen LogP contribution in [-0.2, 0) is 16.2 Å². The van der Waals surface area contributed by atoms with Gasteiger partial charge in [0.1, 0.15) is 4.90 Å². The lowest BCUT2D eigenvalue weighted by Crippen LogP contribution is -2.43. The highest BCUT2D eigenvalue weighted by Crippen LogP contribution is 2.34. The van der Waals surface area contributed by atoms with Crippen molar-refractivity contribution >= 4 is 21.6 Å². The van der Waals surface area contributed by atoms with E-state index in [1.807, 2.05) is 7.05 Å². The van der Waals surface area contributed by atoms with E-state index in [2.05, 4.69) is 5.32 Å². The first-order valence-electron chi connectivity index (χ1n) is 6.70. The summed E-state index contributed by atoms with van der Waals surface area (Å²) in [6.07, 6.45) is -3.26. The molecule has 22 heavy (non-hydrogen) atoms. The lowest BCUT2D eigenvalue weighted by Gasteiger charge is -2.31. The quantitative estimate of drug-likeness (QED) is 0.906. The number of sulfonamides is 1. The number of benzene rings is 1. The fourth-order valence-electron chi connectivity index (χ4n) is 2.41. The number of nitrogens with one attached hydrogen (secondary N) is 1. The maximum atomic E-state index is 12.6. The second-order valence-electron chi connectivity index (χ2n) is 5.11. The van der Waals surface area contributed by atoms with Crippen LogP contribution in [0.15, 0.2) is 23.1 Å². The van der Waals surface area contributed by atoms with E-state index in [-0.39, 0.29) is 10.9 Å². The molecule has 1 aliphatic rings. The smallest absolute Gasteiger partial charge is 0.317 e. The van der Waals surface area contributed by atoms with Crippen molar-refractivity contribution in [3.8, 4) is 0 Å². The third-order valence-electron chi connectivity index (χ3n) is 3.74. The van der Waals surface area contributed by atoms with E-state index in [0.717, 1.165) is 12.1 Å². The van der Waals surface area contributed by atoms with Gasteiger partial charge in [0.25, 0.3) is 0 Å². The van der Waals surface area contributed by atoms with Crippen LogP contribution in [0, 0.1) is 0 Å². The Morgan fingerprint density at radius 1 is 1.27 bits per heavy atom. The minimum atomic E-state index is -4.56. The van der Waals surface area contributed by atoms with Gasteiger partial charge in [-0.3, -0.25) is 0 Å². The van der Waals surface area contributed by atoms with E-state index >= 15 is 0 Å². The Morgan fingerprint density at radius 3 is 2.32 bits per heavy atom. The summed E-state index contributed by atoms with van der Waals surface area (Å²) in [4.78, 5) is -0.287. The largest absolute Gasteiger partial charge is 0.416 e. The molecule has 0 aromatic heterocycles. The van der Waals surface area contributed by atoms with Crippen LogP contribution in [0.25, 0.3) is 0 Å². The summed E-state index contributed by atoms with van der Waals surface area (Å²) in [5.74, 6) is 0. The molecule has 0 radical (unpaired) electrons. The number of hydrogen-bond acceptors (Lipinski definition) is 3. The minimum Gasteiger partial charge on any atom is -0.317 e. The van der Waals surface area contributed by atoms with Gasteiger partial charge >= 0.3 is 6.18 Å². The lowest BCUT2D eigenvalue weighted by atomic mass is 10.1. The van der Waals surface area contributed by atoms with E-state index < -0.39 is 26.8 Å². The van der Waals surface area contributed by atoms with Gasteiger partial charge in [-0.15, -0.1) is 0 Å². The maximum Gasteiger partial charge on any atom is 0.416 e. The van der Waals surface area contributed by atoms with Crippen LogP contribution in [0.5, 0.6) is 0 Å². The molecular formula is C13H16ClF3N2O2S. The molecule has 1 aromatic rings. The fourth-order valence-corrected chi connectivity index (χ4v) is 4.40. The Balaban J connectivity index is 2.27. The Hall–Kier alpha value is -0.830. The first-order chi connectivity index (χ1) is 10.2. The summed E-state index contributed by atoms with van der Waals surface area (Å²) in [5.41, 5.74) is -0.967. The third-order valence-corrected chi connectivity index (χ3v) is 6.12. The van der Waals surface area contributed by atoms with Gasteiger partial charge in [-0.05, 0) is 38.1 Å². The molecule has 1 heterocycles. The number of piperidine rings is 1. The number of nitrogens with zero attached hydrogens (tertiary/aromatic N) is 1. The molecule has 1 N–H and O–H groups in total. The van der Waals surface area contributed by atoms with Crippen molar-refractivity contribution in [3.05, 3.63) is 28.8 Å². The van der Waals surface area contributed by atoms with Gasteiger partial charge in [0.15, 0.2) is 0 Å². The molecule has 0 amide bonds. The summed E-state index contributed by atoms with van der Waals surface area (Å²) in [7, 11) is -2.07. The van der Waals surface area contributed by atoms with Gasteiger partial charge in [0.2, 0.25) is 10.0 Å². The Kier molecular flexibility index (Phi) is 5.06. The number of rotatable bonds is 3. The van der Waals surface area contributed by atoms with Crippen molar-refractivity contribution in [1.82, 2.24) is 9.62 Å². The zero-order chi connectivity index (χ0) is 16.5. The zero-order valence-electron chi connectivity index (χ0n) is 11.8. The van der Waals surface area contributed by atoms with Gasteiger partial charge in [0.05, 0.1) is 10.6 Å². The van der Waals surface area contributed by atoms with Crippen LogP contribution in [0.2, 0.25) is 5.02 Å². The van der Waals surface area contributed by atoms with Crippen LogP contribution in [-0.4, -0.2) is 38.9 Å². The molecule has 9 heteroatoms. The average Bonchev–Trinajstić information content (AvgIpc) is 2.46. The molecule has 1 aliphatic heterocycles. The molecule has 0 unspecified atom stereocenters. The monoisotopic (exact) mass is 356 g/mol. The highest BCUT2D eigenvalue weighted by Gasteiger charge is 2.34. The van der Waals surface area contributed by atoms with Gasteiger partial charge in [-0.25, -0.2) is 8.42 Å². The molecule has 0 bridgehead atoms. The highest BCUT2D eigenvalue weighted by molar-refractivity contribution is 7.89. The molecule has 2 rings (SSSR count). The number of alkyl halides is 3. The van der Waals surface area contributed by atoms with Crippen molar-refractivity contribution in [2.24, 2.45) is 0 Å². The van der Waals surface area contributed by atoms with Crippen molar-refractivity contribution in [3.63, 3.8) is 0 Å². The molecule has 1 aromatic carbocycles. The van der Waals surface area contributed by atoms with Crippen molar-refractivity contribution in [2.75, 3.05) is 20.1 Å². The van der Waals surface area contributed by atoms with E-state index in [1.54, 1.807) is 0 Å². The van der Waals surface area contributed by atoms with Crippen LogP contribution in [0.1, 0.15) is 18.4 Å². The van der Waals surface area contributed by atoms with Crippen LogP contribution < -0.4 is 5.32 Å². The van der Waals surface area contributed by atoms with Gasteiger partial charge in [-0.2, -0.15) is 17.5 Å². The van der Waals surface area contributed by atoms with Gasteiger partial charge in [-0.1, -0.05) is 11.6 Å². The van der Waals surface area contributed by atoms with E-state index in [9.17, 15) is 21.6 Å². The predicted octanol–water partition coefficient (Wildman–Crippen LogP) is 2.73. The average molecular weight is 357 g/mol. The summed E-state index contributed by atoms with van der Waals surface area (Å²) >= 11 is 5.78. The fraction of sp³-hybridized carbons (Fsp3) is 0.538. The Labute approximate surface area is 132 Å². The topological polar surface area (TPSA) is 49.4 Å². The summed E-state index contributed by atoms with van der Waals surface area (Å²) in [6.45, 7) is 0.621. The summed E-state index contributed by atoms with van der Waals surface area (Å²) in [5, 5.41) is 2.67. The van der Waals surface area contributed by atoms with E-state index in [1.165, 1.54) is 4.31 Å². The molecule has 4 nitrogen and oxygen atoms in total. The summed E-state index contributed by atoms with van der Waals surface area (Å²) in [6, 6.07) is 2.55. The predicted molar refractivity (Wildman–Crippen MR) is 77.3 cm³/mol. The second-order valence-corrected chi connectivity index (χ2v) is 7.42. The van der Waals surface area contributed by atoms with Crippen LogP contribution >= 0.6 is 11.6 Å². The second kappa shape index (κ2) is 6.35. The molecule has 0 spiro atoms. The Bertz CT molecular complexity index is 641. The molecular weight excluding hydrogens is 341 g/mol. The Morgan fingerprint density at radius 2 is 1.86 bits per heavy atom. The maximum absolute atomic E-state index is 12.6. The number of halogens is 4. The van der Waals surface area contributed by atoms with Gasteiger partial charge in [0, 0.05) is 19.1 Å². The molecule has 1 saturated heterocycles. The van der Waals surface area contributed by atoms with Crippen molar-refractivity contribution < 1.29 is 21.6 Å². The molecule has 1 fully saturated rings. The molecule has 0 aliphatic carbocycles.